The van der Waals surface area contributed by atoms with Crippen molar-refractivity contribution in [3.05, 3.63) is 47.9 Å². The van der Waals surface area contributed by atoms with Gasteiger partial charge in [-0.2, -0.15) is 0 Å². The number of hydrogen-bond acceptors (Lipinski definition) is 5. The van der Waals surface area contributed by atoms with E-state index in [1.807, 2.05) is 12.1 Å². The normalized spacial score (nSPS) is 18.9. The van der Waals surface area contributed by atoms with Gasteiger partial charge < -0.3 is 14.2 Å². The number of hydrogen-bond donors (Lipinski definition) is 0. The van der Waals surface area contributed by atoms with E-state index in [4.69, 9.17) is 14.2 Å². The third kappa shape index (κ3) is 2.89. The predicted octanol–water partition coefficient (Wildman–Crippen LogP) is 3.19. The van der Waals surface area contributed by atoms with Crippen LogP contribution in [0.15, 0.2) is 36.7 Å². The SMILES string of the molecule is c1cc(C2CC2)ccc1Oc1cnc(C2OCCO2)cn1. The van der Waals surface area contributed by atoms with Crippen molar-refractivity contribution < 1.29 is 14.2 Å². The third-order valence-electron chi connectivity index (χ3n) is 3.66. The van der Waals surface area contributed by atoms with Gasteiger partial charge in [0.25, 0.3) is 0 Å². The smallest absolute Gasteiger partial charge is 0.237 e. The van der Waals surface area contributed by atoms with Crippen molar-refractivity contribution in [1.82, 2.24) is 9.97 Å². The van der Waals surface area contributed by atoms with Crippen molar-refractivity contribution in [2.45, 2.75) is 25.0 Å². The summed E-state index contributed by atoms with van der Waals surface area (Å²) in [5.74, 6) is 2.00. The molecule has 0 spiro atoms. The van der Waals surface area contributed by atoms with Gasteiger partial charge in [0.1, 0.15) is 11.4 Å². The lowest BCUT2D eigenvalue weighted by atomic mass is 10.1. The van der Waals surface area contributed by atoms with Crippen molar-refractivity contribution in [3.8, 4) is 11.6 Å². The fraction of sp³-hybridized carbons (Fsp3) is 0.375. The molecule has 0 N–H and O–H groups in total. The largest absolute Gasteiger partial charge is 0.438 e. The molecule has 5 heteroatoms. The molecule has 2 aromatic rings. The molecule has 0 amide bonds. The van der Waals surface area contributed by atoms with Crippen molar-refractivity contribution in [1.29, 1.82) is 0 Å². The van der Waals surface area contributed by atoms with Crippen molar-refractivity contribution in [2.24, 2.45) is 0 Å². The first-order valence-corrected chi connectivity index (χ1v) is 7.21. The Balaban J connectivity index is 1.43. The summed E-state index contributed by atoms with van der Waals surface area (Å²) in [6.45, 7) is 1.19. The molecule has 1 aromatic carbocycles. The van der Waals surface area contributed by atoms with E-state index in [1.165, 1.54) is 18.4 Å². The van der Waals surface area contributed by atoms with Crippen molar-refractivity contribution in [3.63, 3.8) is 0 Å². The topological polar surface area (TPSA) is 53.5 Å². The van der Waals surface area contributed by atoms with Crippen LogP contribution in [0.3, 0.4) is 0 Å². The minimum absolute atomic E-state index is 0.399. The van der Waals surface area contributed by atoms with Gasteiger partial charge in [0.05, 0.1) is 25.6 Å². The van der Waals surface area contributed by atoms with Gasteiger partial charge in [0.2, 0.25) is 12.2 Å². The molecule has 108 valence electrons. The lowest BCUT2D eigenvalue weighted by molar-refractivity contribution is -0.0475. The van der Waals surface area contributed by atoms with Crippen molar-refractivity contribution in [2.75, 3.05) is 13.2 Å². The molecule has 0 atom stereocenters. The Morgan fingerprint density at radius 3 is 2.33 bits per heavy atom. The molecule has 2 fully saturated rings. The fourth-order valence-corrected chi connectivity index (χ4v) is 2.38. The molecule has 1 saturated heterocycles. The van der Waals surface area contributed by atoms with Gasteiger partial charge in [-0.15, -0.1) is 0 Å². The van der Waals surface area contributed by atoms with Crippen LogP contribution >= 0.6 is 0 Å². The van der Waals surface area contributed by atoms with Gasteiger partial charge in [-0.1, -0.05) is 12.1 Å². The second kappa shape index (κ2) is 5.42. The standard InChI is InChI=1S/C16H16N2O3/c1-2-11(1)12-3-5-13(6-4-12)21-15-10-17-14(9-18-15)16-19-7-8-20-16/h3-6,9-11,16H,1-2,7-8H2. The number of aromatic nitrogens is 2. The molecule has 0 bridgehead atoms. The van der Waals surface area contributed by atoms with Gasteiger partial charge in [0, 0.05) is 0 Å². The average Bonchev–Trinajstić information content (AvgIpc) is 3.23. The van der Waals surface area contributed by atoms with E-state index in [-0.39, 0.29) is 0 Å². The van der Waals surface area contributed by atoms with E-state index in [2.05, 4.69) is 22.1 Å². The summed E-state index contributed by atoms with van der Waals surface area (Å²) >= 11 is 0. The quantitative estimate of drug-likeness (QED) is 0.863. The Kier molecular flexibility index (Phi) is 3.29. The van der Waals surface area contributed by atoms with Gasteiger partial charge in [0.15, 0.2) is 0 Å². The van der Waals surface area contributed by atoms with Crippen LogP contribution in [0.25, 0.3) is 0 Å². The van der Waals surface area contributed by atoms with Crippen LogP contribution in [0.2, 0.25) is 0 Å². The lowest BCUT2D eigenvalue weighted by Gasteiger charge is -2.09. The Morgan fingerprint density at radius 2 is 1.71 bits per heavy atom. The minimum atomic E-state index is -0.399. The summed E-state index contributed by atoms with van der Waals surface area (Å²) in [6.07, 6.45) is 5.43. The van der Waals surface area contributed by atoms with Crippen LogP contribution in [0.1, 0.15) is 36.3 Å². The lowest BCUT2D eigenvalue weighted by Crippen LogP contribution is -2.02. The van der Waals surface area contributed by atoms with Crippen LogP contribution < -0.4 is 4.74 Å². The zero-order chi connectivity index (χ0) is 14.1. The number of ether oxygens (including phenoxy) is 3. The summed E-state index contributed by atoms with van der Waals surface area (Å²) in [7, 11) is 0. The second-order valence-corrected chi connectivity index (χ2v) is 5.30. The summed E-state index contributed by atoms with van der Waals surface area (Å²) in [4.78, 5) is 8.52. The molecule has 2 heterocycles. The summed E-state index contributed by atoms with van der Waals surface area (Å²) in [6, 6.07) is 8.20. The van der Waals surface area contributed by atoms with Crippen LogP contribution in [-0.4, -0.2) is 23.2 Å². The molecule has 4 rings (SSSR count). The van der Waals surface area contributed by atoms with E-state index in [1.54, 1.807) is 12.4 Å². The highest BCUT2D eigenvalue weighted by Gasteiger charge is 2.23. The maximum atomic E-state index is 5.70. The van der Waals surface area contributed by atoms with E-state index in [9.17, 15) is 0 Å². The van der Waals surface area contributed by atoms with Crippen LogP contribution in [0.4, 0.5) is 0 Å². The fourth-order valence-electron chi connectivity index (χ4n) is 2.38. The summed E-state index contributed by atoms with van der Waals surface area (Å²) in [5.41, 5.74) is 2.06. The Bertz CT molecular complexity index is 602. The van der Waals surface area contributed by atoms with Gasteiger partial charge in [-0.3, -0.25) is 0 Å². The Hall–Kier alpha value is -1.98. The zero-order valence-electron chi connectivity index (χ0n) is 11.6. The average molecular weight is 284 g/mol. The molecule has 1 aromatic heterocycles. The first kappa shape index (κ1) is 12.7. The van der Waals surface area contributed by atoms with Crippen LogP contribution in [0, 0.1) is 0 Å². The van der Waals surface area contributed by atoms with Gasteiger partial charge in [-0.05, 0) is 36.5 Å². The summed E-state index contributed by atoms with van der Waals surface area (Å²) < 4.78 is 16.4. The highest BCUT2D eigenvalue weighted by molar-refractivity contribution is 5.33. The third-order valence-corrected chi connectivity index (χ3v) is 3.66. The van der Waals surface area contributed by atoms with Gasteiger partial charge in [-0.25, -0.2) is 9.97 Å². The number of nitrogens with zero attached hydrogens (tertiary/aromatic N) is 2. The first-order valence-electron chi connectivity index (χ1n) is 7.21. The molecule has 1 aliphatic heterocycles. The van der Waals surface area contributed by atoms with E-state index in [0.717, 1.165) is 11.7 Å². The Morgan fingerprint density at radius 1 is 0.952 bits per heavy atom. The van der Waals surface area contributed by atoms with E-state index >= 15 is 0 Å². The minimum Gasteiger partial charge on any atom is -0.438 e. The maximum Gasteiger partial charge on any atom is 0.237 e. The number of rotatable bonds is 4. The molecular weight excluding hydrogens is 268 g/mol. The highest BCUT2D eigenvalue weighted by atomic mass is 16.7. The molecule has 2 aliphatic rings. The summed E-state index contributed by atoms with van der Waals surface area (Å²) in [5, 5.41) is 0. The molecule has 0 unspecified atom stereocenters. The maximum absolute atomic E-state index is 5.70. The molecule has 5 nitrogen and oxygen atoms in total. The second-order valence-electron chi connectivity index (χ2n) is 5.30. The highest BCUT2D eigenvalue weighted by Crippen LogP contribution is 2.40. The molecule has 21 heavy (non-hydrogen) atoms. The molecule has 0 radical (unpaired) electrons. The van der Waals surface area contributed by atoms with Crippen LogP contribution in [0.5, 0.6) is 11.6 Å². The van der Waals surface area contributed by atoms with Crippen LogP contribution in [-0.2, 0) is 9.47 Å². The number of benzene rings is 1. The molecular formula is C16H16N2O3. The first-order chi connectivity index (χ1) is 10.4. The van der Waals surface area contributed by atoms with Crippen molar-refractivity contribution >= 4 is 0 Å². The monoisotopic (exact) mass is 284 g/mol. The van der Waals surface area contributed by atoms with E-state index < -0.39 is 6.29 Å². The predicted molar refractivity (Wildman–Crippen MR) is 75.2 cm³/mol. The zero-order valence-corrected chi connectivity index (χ0v) is 11.6. The Labute approximate surface area is 122 Å². The molecule has 1 saturated carbocycles. The van der Waals surface area contributed by atoms with E-state index in [0.29, 0.717) is 24.8 Å². The molecule has 1 aliphatic carbocycles. The van der Waals surface area contributed by atoms with Gasteiger partial charge >= 0.3 is 0 Å².